The van der Waals surface area contributed by atoms with E-state index in [1.54, 1.807) is 0 Å². The molecule has 1 aliphatic rings. The molecule has 1 fully saturated rings. The third kappa shape index (κ3) is 2.30. The zero-order valence-electron chi connectivity index (χ0n) is 11.1. The molecule has 0 amide bonds. The predicted octanol–water partition coefficient (Wildman–Crippen LogP) is 3.69. The molecule has 1 aliphatic carbocycles. The highest BCUT2D eigenvalue weighted by atomic mass is 14.9. The molecule has 0 radical (unpaired) electrons. The van der Waals surface area contributed by atoms with Crippen LogP contribution in [0.15, 0.2) is 30.5 Å². The number of hydrogen-bond donors (Lipinski definition) is 2. The molecular formula is C16H22N2. The first kappa shape index (κ1) is 11.8. The van der Waals surface area contributed by atoms with E-state index in [2.05, 4.69) is 41.5 Å². The summed E-state index contributed by atoms with van der Waals surface area (Å²) in [5.41, 5.74) is 2.66. The van der Waals surface area contributed by atoms with Crippen LogP contribution < -0.4 is 5.32 Å². The topological polar surface area (TPSA) is 27.8 Å². The van der Waals surface area contributed by atoms with Crippen molar-refractivity contribution in [2.75, 3.05) is 6.54 Å². The summed E-state index contributed by atoms with van der Waals surface area (Å²) >= 11 is 0. The van der Waals surface area contributed by atoms with Gasteiger partial charge in [0.15, 0.2) is 0 Å². The Hall–Kier alpha value is -1.28. The molecule has 3 rings (SSSR count). The minimum atomic E-state index is 0.882. The Kier molecular flexibility index (Phi) is 3.37. The van der Waals surface area contributed by atoms with Gasteiger partial charge in [-0.15, -0.1) is 0 Å². The van der Waals surface area contributed by atoms with Gasteiger partial charge in [-0.3, -0.25) is 0 Å². The molecular weight excluding hydrogens is 220 g/mol. The number of fused-ring (bicyclic) bond motifs is 1. The summed E-state index contributed by atoms with van der Waals surface area (Å²) in [7, 11) is 0. The van der Waals surface area contributed by atoms with Crippen molar-refractivity contribution in [2.45, 2.75) is 32.7 Å². The second-order valence-corrected chi connectivity index (χ2v) is 5.66. The van der Waals surface area contributed by atoms with Gasteiger partial charge in [-0.25, -0.2) is 0 Å². The van der Waals surface area contributed by atoms with Crippen LogP contribution in [0.5, 0.6) is 0 Å². The maximum absolute atomic E-state index is 3.64. The molecule has 2 heteroatoms. The molecule has 2 atom stereocenters. The first-order chi connectivity index (χ1) is 8.84. The van der Waals surface area contributed by atoms with E-state index >= 15 is 0 Å². The lowest BCUT2D eigenvalue weighted by atomic mass is 9.98. The molecule has 0 aliphatic heterocycles. The molecule has 1 saturated carbocycles. The van der Waals surface area contributed by atoms with Crippen LogP contribution >= 0.6 is 0 Å². The summed E-state index contributed by atoms with van der Waals surface area (Å²) in [6, 6.07) is 8.65. The van der Waals surface area contributed by atoms with Crippen molar-refractivity contribution in [1.82, 2.24) is 10.3 Å². The third-order valence-corrected chi connectivity index (χ3v) is 4.43. The van der Waals surface area contributed by atoms with Gasteiger partial charge in [-0.05, 0) is 41.8 Å². The molecule has 96 valence electrons. The number of hydrogen-bond acceptors (Lipinski definition) is 1. The summed E-state index contributed by atoms with van der Waals surface area (Å²) in [6.07, 6.45) is 6.26. The van der Waals surface area contributed by atoms with Crippen LogP contribution in [0.25, 0.3) is 10.9 Å². The van der Waals surface area contributed by atoms with E-state index in [1.807, 2.05) is 6.20 Å². The Balaban J connectivity index is 1.61. The largest absolute Gasteiger partial charge is 0.361 e. The van der Waals surface area contributed by atoms with Gasteiger partial charge in [0.25, 0.3) is 0 Å². The zero-order valence-corrected chi connectivity index (χ0v) is 11.1. The summed E-state index contributed by atoms with van der Waals surface area (Å²) in [6.45, 7) is 4.53. The maximum Gasteiger partial charge on any atom is 0.0499 e. The van der Waals surface area contributed by atoms with Gasteiger partial charge in [-0.2, -0.15) is 0 Å². The Morgan fingerprint density at radius 1 is 1.28 bits per heavy atom. The van der Waals surface area contributed by atoms with E-state index in [-0.39, 0.29) is 0 Å². The number of rotatable bonds is 4. The summed E-state index contributed by atoms with van der Waals surface area (Å²) in [4.78, 5) is 3.34. The molecule has 0 bridgehead atoms. The summed E-state index contributed by atoms with van der Waals surface area (Å²) in [5, 5.41) is 4.94. The minimum Gasteiger partial charge on any atom is -0.361 e. The van der Waals surface area contributed by atoms with E-state index in [1.165, 1.54) is 35.7 Å². The molecule has 2 N–H and O–H groups in total. The van der Waals surface area contributed by atoms with Crippen molar-refractivity contribution in [2.24, 2.45) is 11.8 Å². The SMILES string of the molecule is CC1CCCC1CNCc1cccc2cc[nH]c12. The van der Waals surface area contributed by atoms with Crippen LogP contribution in [0.2, 0.25) is 0 Å². The highest BCUT2D eigenvalue weighted by molar-refractivity contribution is 5.82. The quantitative estimate of drug-likeness (QED) is 0.840. The second-order valence-electron chi connectivity index (χ2n) is 5.66. The van der Waals surface area contributed by atoms with Gasteiger partial charge in [0.1, 0.15) is 0 Å². The minimum absolute atomic E-state index is 0.882. The molecule has 1 aromatic carbocycles. The molecule has 2 aromatic rings. The fourth-order valence-corrected chi connectivity index (χ4v) is 3.21. The number of para-hydroxylation sites is 1. The van der Waals surface area contributed by atoms with E-state index in [9.17, 15) is 0 Å². The van der Waals surface area contributed by atoms with Gasteiger partial charge < -0.3 is 10.3 Å². The van der Waals surface area contributed by atoms with E-state index in [0.29, 0.717) is 0 Å². The average Bonchev–Trinajstić information content (AvgIpc) is 2.99. The Labute approximate surface area is 109 Å². The first-order valence-electron chi connectivity index (χ1n) is 7.10. The smallest absolute Gasteiger partial charge is 0.0499 e. The lowest BCUT2D eigenvalue weighted by Crippen LogP contribution is -2.24. The van der Waals surface area contributed by atoms with Gasteiger partial charge >= 0.3 is 0 Å². The monoisotopic (exact) mass is 242 g/mol. The molecule has 0 saturated heterocycles. The van der Waals surface area contributed by atoms with Crippen LogP contribution in [0.1, 0.15) is 31.7 Å². The van der Waals surface area contributed by atoms with Crippen molar-refractivity contribution in [3.05, 3.63) is 36.0 Å². The predicted molar refractivity (Wildman–Crippen MR) is 76.5 cm³/mol. The van der Waals surface area contributed by atoms with Gasteiger partial charge in [0, 0.05) is 18.3 Å². The molecule has 2 nitrogen and oxygen atoms in total. The average molecular weight is 242 g/mol. The summed E-state index contributed by atoms with van der Waals surface area (Å²) in [5.74, 6) is 1.78. The van der Waals surface area contributed by atoms with E-state index in [0.717, 1.165) is 24.9 Å². The third-order valence-electron chi connectivity index (χ3n) is 4.43. The van der Waals surface area contributed by atoms with Crippen LogP contribution in [-0.4, -0.2) is 11.5 Å². The Morgan fingerprint density at radius 3 is 3.06 bits per heavy atom. The summed E-state index contributed by atoms with van der Waals surface area (Å²) < 4.78 is 0. The first-order valence-corrected chi connectivity index (χ1v) is 7.10. The fourth-order valence-electron chi connectivity index (χ4n) is 3.21. The standard InChI is InChI=1S/C16H22N2/c1-12-4-2-6-14(12)10-17-11-15-7-3-5-13-8-9-18-16(13)15/h3,5,7-9,12,14,17-18H,2,4,6,10-11H2,1H3. The van der Waals surface area contributed by atoms with E-state index in [4.69, 9.17) is 0 Å². The van der Waals surface area contributed by atoms with Crippen molar-refractivity contribution in [1.29, 1.82) is 0 Å². The van der Waals surface area contributed by atoms with Gasteiger partial charge in [0.05, 0.1) is 0 Å². The lowest BCUT2D eigenvalue weighted by molar-refractivity contribution is 0.392. The zero-order chi connectivity index (χ0) is 12.4. The molecule has 1 heterocycles. The van der Waals surface area contributed by atoms with Gasteiger partial charge in [-0.1, -0.05) is 38.0 Å². The highest BCUT2D eigenvalue weighted by Gasteiger charge is 2.22. The number of benzene rings is 1. The maximum atomic E-state index is 3.64. The van der Waals surface area contributed by atoms with Crippen LogP contribution in [0.3, 0.4) is 0 Å². The number of nitrogens with one attached hydrogen (secondary N) is 2. The Morgan fingerprint density at radius 2 is 2.22 bits per heavy atom. The van der Waals surface area contributed by atoms with Crippen LogP contribution in [0, 0.1) is 11.8 Å². The van der Waals surface area contributed by atoms with Crippen LogP contribution in [0.4, 0.5) is 0 Å². The molecule has 2 unspecified atom stereocenters. The lowest BCUT2D eigenvalue weighted by Gasteiger charge is -2.16. The van der Waals surface area contributed by atoms with Gasteiger partial charge in [0.2, 0.25) is 0 Å². The van der Waals surface area contributed by atoms with Crippen molar-refractivity contribution >= 4 is 10.9 Å². The number of aromatic amines is 1. The van der Waals surface area contributed by atoms with E-state index < -0.39 is 0 Å². The van der Waals surface area contributed by atoms with Crippen molar-refractivity contribution in [3.63, 3.8) is 0 Å². The molecule has 0 spiro atoms. The second kappa shape index (κ2) is 5.15. The fraction of sp³-hybridized carbons (Fsp3) is 0.500. The highest BCUT2D eigenvalue weighted by Crippen LogP contribution is 2.30. The normalized spacial score (nSPS) is 23.8. The molecule has 18 heavy (non-hydrogen) atoms. The Bertz CT molecular complexity index is 515. The molecule has 1 aromatic heterocycles. The number of H-pyrrole nitrogens is 1. The van der Waals surface area contributed by atoms with Crippen LogP contribution in [-0.2, 0) is 6.54 Å². The van der Waals surface area contributed by atoms with Crippen molar-refractivity contribution < 1.29 is 0 Å². The number of aromatic nitrogens is 1. The van der Waals surface area contributed by atoms with Crippen molar-refractivity contribution in [3.8, 4) is 0 Å².